The van der Waals surface area contributed by atoms with Crippen LogP contribution < -0.4 is 69.4 Å². The van der Waals surface area contributed by atoms with Crippen LogP contribution in [-0.2, 0) is 20.0 Å². The Morgan fingerprint density at radius 1 is 0.478 bits per heavy atom. The monoisotopic (exact) mass is 1890 g/mol. The van der Waals surface area contributed by atoms with Crippen LogP contribution in [0.4, 0.5) is 34.9 Å². The summed E-state index contributed by atoms with van der Waals surface area (Å²) in [5.41, 5.74) is 12.8. The number of morpholine rings is 1. The molecule has 31 nitrogen and oxygen atoms in total. The molecular formula is C104H153N19O12S. The highest BCUT2D eigenvalue weighted by atomic mass is 32.2. The number of sulfone groups is 1. The number of nitrogens with one attached hydrogen (secondary N) is 3. The van der Waals surface area contributed by atoms with E-state index in [1.807, 2.05) is 60.4 Å². The lowest BCUT2D eigenvalue weighted by atomic mass is 9.64. The Balaban J connectivity index is 0.000000127. The van der Waals surface area contributed by atoms with E-state index in [-0.39, 0.29) is 16.9 Å². The molecule has 9 saturated heterocycles. The van der Waals surface area contributed by atoms with E-state index in [0.29, 0.717) is 94.2 Å². The van der Waals surface area contributed by atoms with Crippen LogP contribution in [-0.4, -0.2) is 335 Å². The molecule has 0 bridgehead atoms. The number of nitrogens with two attached hydrogens (primary N) is 1. The first-order chi connectivity index (χ1) is 66.4. The molecule has 32 heteroatoms. The van der Waals surface area contributed by atoms with Crippen LogP contribution in [0, 0.1) is 12.8 Å². The molecule has 0 radical (unpaired) electrons. The van der Waals surface area contributed by atoms with E-state index in [1.54, 1.807) is 28.4 Å². The molecule has 0 unspecified atom stereocenters. The largest absolute Gasteiger partial charge is 0.493 e. The second-order valence-corrected chi connectivity index (χ2v) is 42.1. The Kier molecular flexibility index (Phi) is 34.1. The number of piperidine rings is 3. The lowest BCUT2D eigenvalue weighted by Crippen LogP contribution is -2.44. The van der Waals surface area contributed by atoms with Gasteiger partial charge in [0, 0.05) is 155 Å². The number of nitrogens with zero attached hydrogens (tertiary/aromatic N) is 15. The van der Waals surface area contributed by atoms with E-state index >= 15 is 0 Å². The number of aliphatic imine (C=N–C) groups is 1. The number of fused-ring (bicyclic) bond motifs is 5. The van der Waals surface area contributed by atoms with Crippen LogP contribution in [0.15, 0.2) is 76.1 Å². The van der Waals surface area contributed by atoms with E-state index in [4.69, 9.17) is 77.7 Å². The minimum absolute atomic E-state index is 0.0309. The van der Waals surface area contributed by atoms with Gasteiger partial charge in [0.05, 0.1) is 107 Å². The molecule has 4 aromatic heterocycles. The summed E-state index contributed by atoms with van der Waals surface area (Å²) in [6, 6.07) is 24.4. The molecule has 0 atom stereocenters. The molecule has 2 saturated carbocycles. The first-order valence-corrected chi connectivity index (χ1v) is 53.3. The van der Waals surface area contributed by atoms with Crippen molar-refractivity contribution in [1.29, 1.82) is 0 Å². The summed E-state index contributed by atoms with van der Waals surface area (Å²) in [7, 11) is 5.98. The van der Waals surface area contributed by atoms with Gasteiger partial charge in [0.1, 0.15) is 28.9 Å². The van der Waals surface area contributed by atoms with Crippen LogP contribution >= 0.6 is 0 Å². The van der Waals surface area contributed by atoms with Crippen molar-refractivity contribution < 1.29 is 55.5 Å². The number of ether oxygens (including phenoxy) is 9. The van der Waals surface area contributed by atoms with Crippen LogP contribution in [0.2, 0.25) is 0 Å². The Bertz CT molecular complexity index is 5340. The molecule has 1 spiro atoms. The lowest BCUT2D eigenvalue weighted by Gasteiger charge is -2.38. The van der Waals surface area contributed by atoms with Crippen LogP contribution in [0.1, 0.15) is 173 Å². The van der Waals surface area contributed by atoms with Gasteiger partial charge in [-0.1, -0.05) is 6.42 Å². The number of methoxy groups -OCH3 is 4. The topological polar surface area (TPSA) is 298 Å². The van der Waals surface area contributed by atoms with Gasteiger partial charge in [-0.25, -0.2) is 28.4 Å². The van der Waals surface area contributed by atoms with Gasteiger partial charge >= 0.3 is 0 Å². The number of aryl methyl sites for hydroxylation is 1. The molecule has 136 heavy (non-hydrogen) atoms. The predicted molar refractivity (Wildman–Crippen MR) is 543 cm³/mol. The van der Waals surface area contributed by atoms with Gasteiger partial charge < -0.3 is 113 Å². The molecule has 2 aliphatic carbocycles. The number of rotatable bonds is 36. The summed E-state index contributed by atoms with van der Waals surface area (Å²) < 4.78 is 83.1. The number of amidine groups is 1. The molecule has 14 heterocycles. The Labute approximate surface area is 806 Å². The Hall–Kier alpha value is -9.25. The van der Waals surface area contributed by atoms with Gasteiger partial charge in [-0.15, -0.1) is 0 Å². The summed E-state index contributed by atoms with van der Waals surface area (Å²) >= 11 is 0. The fourth-order valence-corrected chi connectivity index (χ4v) is 22.5. The Morgan fingerprint density at radius 3 is 1.35 bits per heavy atom. The molecule has 20 rings (SSSR count). The average molecular weight is 1890 g/mol. The van der Waals surface area contributed by atoms with Crippen molar-refractivity contribution in [1.82, 2.24) is 59.2 Å². The molecule has 8 aromatic rings. The van der Waals surface area contributed by atoms with Gasteiger partial charge in [0.15, 0.2) is 61.6 Å². The third-order valence-electron chi connectivity index (χ3n) is 29.9. The smallest absolute Gasteiger partial charge is 0.228 e. The zero-order valence-electron chi connectivity index (χ0n) is 82.5. The van der Waals surface area contributed by atoms with Gasteiger partial charge in [-0.2, -0.15) is 9.97 Å². The SMILES string of the molecule is COc1cc2c(NC3CCN(C(C)C)CC3)nc(N3CCOCC3)nc2cc1OCCCN1CCCC1.COc1cc2c(NC3CCN(C4CC4)CC3)nc(N3CCS(=O)(=O)CC3)nc2cc1OCCCN1CCCC1.COc1cc2c(NCC3CCN(C)CC3)cc(-c3ccc(C)o3)nc2cc1OCCCN1CCCC1.COc1cc2c(cc1OCCCN1CCCC1)N=C(N)C21CCC1. The van der Waals surface area contributed by atoms with E-state index in [0.717, 1.165) is 275 Å². The molecule has 4 aromatic carbocycles. The van der Waals surface area contributed by atoms with Crippen molar-refractivity contribution in [3.8, 4) is 57.5 Å². The highest BCUT2D eigenvalue weighted by molar-refractivity contribution is 7.91. The van der Waals surface area contributed by atoms with Gasteiger partial charge in [-0.05, 0) is 288 Å². The number of pyridine rings is 1. The summed E-state index contributed by atoms with van der Waals surface area (Å²) in [5.74, 6) is 12.2. The zero-order chi connectivity index (χ0) is 93.9. The average Bonchev–Trinajstić information content (AvgIpc) is 1.56. The molecule has 12 aliphatic rings. The third-order valence-corrected chi connectivity index (χ3v) is 31.5. The number of aromatic nitrogens is 5. The van der Waals surface area contributed by atoms with Gasteiger partial charge in [0.2, 0.25) is 11.9 Å². The predicted octanol–water partition coefficient (Wildman–Crippen LogP) is 14.8. The second kappa shape index (κ2) is 47.1. The maximum atomic E-state index is 12.1. The Morgan fingerprint density at radius 2 is 0.919 bits per heavy atom. The van der Waals surface area contributed by atoms with Gasteiger partial charge in [-0.3, -0.25) is 0 Å². The minimum atomic E-state index is -3.00. The fourth-order valence-electron chi connectivity index (χ4n) is 21.3. The van der Waals surface area contributed by atoms with Crippen molar-refractivity contribution in [3.05, 3.63) is 78.1 Å². The van der Waals surface area contributed by atoms with E-state index in [2.05, 4.69) is 99.2 Å². The number of benzene rings is 4. The summed E-state index contributed by atoms with van der Waals surface area (Å²) in [5, 5.41) is 14.2. The number of furan rings is 1. The third kappa shape index (κ3) is 25.5. The van der Waals surface area contributed by atoms with Crippen LogP contribution in [0.25, 0.3) is 44.2 Å². The molecule has 5 N–H and O–H groups in total. The standard InChI is InChI=1S/C29H40N4O3.C28H42N6O4S.C28H44N6O3.C19H27N3O2/c1-21-7-8-27(36-21)26-18-24(30-20-22-9-14-32(2)15-10-22)23-17-28(34-3)29(19-25(23)31-26)35-16-6-13-33-11-4-5-12-33;1-37-25-19-23-24(20-26(25)38-16-4-11-32-9-2-3-10-32)30-28(34-14-17-39(35,36)18-15-34)31-27(23)29-21-7-12-33(13-8-21)22-5-6-22;1-21(2)33-12-7-22(8-13-33)29-27-23-19-25(35-3)26(37-16-6-11-32-9-4-5-10-32)20-24(23)30-28(31-27)34-14-17-36-18-15-34;1-23-16-12-14-15(21-18(20)19(14)6-4-7-19)13-17(16)24-11-5-10-22-8-2-3-9-22/h7-8,17-19,22H,4-6,9-16,20H2,1-3H3,(H,30,31);19-22H,2-18H2,1H3,(H,29,30,31);19-22H,4-18H2,1-3H3,(H,29,30,31);12-13H,2-11H2,1H3,(H2,20,21). The summed E-state index contributed by atoms with van der Waals surface area (Å²) in [4.78, 5) is 51.3. The van der Waals surface area contributed by atoms with Crippen LogP contribution in [0.5, 0.6) is 46.0 Å². The zero-order valence-corrected chi connectivity index (χ0v) is 83.3. The highest BCUT2D eigenvalue weighted by Crippen LogP contribution is 2.54. The molecule has 11 fully saturated rings. The van der Waals surface area contributed by atoms with E-state index in [1.165, 1.54) is 141 Å². The quantitative estimate of drug-likeness (QED) is 0.0265. The number of anilines is 5. The number of hydrogen-bond acceptors (Lipinski definition) is 31. The number of hydrogen-bond donors (Lipinski definition) is 4. The lowest BCUT2D eigenvalue weighted by molar-refractivity contribution is 0.122. The molecule has 10 aliphatic heterocycles. The summed E-state index contributed by atoms with van der Waals surface area (Å²) in [6.07, 6.45) is 27.4. The van der Waals surface area contributed by atoms with Crippen molar-refractivity contribution in [2.75, 3.05) is 263 Å². The molecule has 742 valence electrons. The van der Waals surface area contributed by atoms with E-state index < -0.39 is 9.84 Å². The van der Waals surface area contributed by atoms with Gasteiger partial charge in [0.25, 0.3) is 0 Å². The minimum Gasteiger partial charge on any atom is -0.493 e. The van der Waals surface area contributed by atoms with Crippen molar-refractivity contribution in [2.24, 2.45) is 16.6 Å². The highest BCUT2D eigenvalue weighted by Gasteiger charge is 2.48. The second-order valence-electron chi connectivity index (χ2n) is 39.8. The van der Waals surface area contributed by atoms with E-state index in [9.17, 15) is 8.42 Å². The van der Waals surface area contributed by atoms with Crippen molar-refractivity contribution in [2.45, 2.75) is 198 Å². The van der Waals surface area contributed by atoms with Crippen molar-refractivity contribution in [3.63, 3.8) is 0 Å². The molecular weight excluding hydrogens is 1740 g/mol. The number of likely N-dealkylation sites (tertiary alicyclic amines) is 7. The first kappa shape index (κ1) is 98.4. The summed E-state index contributed by atoms with van der Waals surface area (Å²) in [6.45, 7) is 34.7. The maximum absolute atomic E-state index is 12.1. The fraction of sp³-hybridized carbons (Fsp3) is 0.654. The van der Waals surface area contributed by atoms with Crippen molar-refractivity contribution >= 4 is 83.3 Å². The maximum Gasteiger partial charge on any atom is 0.228 e. The normalized spacial score (nSPS) is 20.5. The first-order valence-electron chi connectivity index (χ1n) is 51.5. The molecule has 0 amide bonds. The van der Waals surface area contributed by atoms with Crippen LogP contribution in [0.3, 0.4) is 0 Å².